The normalized spacial score (nSPS) is 27.1. The SMILES string of the molecule is COCCc1nccc(CC2C(NCC(C)C)CC(O)C2CO)n1. The minimum absolute atomic E-state index is 0.00725. The van der Waals surface area contributed by atoms with E-state index in [0.717, 1.165) is 24.5 Å². The van der Waals surface area contributed by atoms with E-state index in [9.17, 15) is 10.2 Å². The number of aromatic nitrogens is 2. The first-order valence-electron chi connectivity index (χ1n) is 8.87. The fourth-order valence-corrected chi connectivity index (χ4v) is 3.48. The van der Waals surface area contributed by atoms with Gasteiger partial charge in [-0.1, -0.05) is 13.8 Å². The van der Waals surface area contributed by atoms with E-state index in [1.54, 1.807) is 13.3 Å². The lowest BCUT2D eigenvalue weighted by Crippen LogP contribution is -2.38. The molecule has 1 aromatic rings. The van der Waals surface area contributed by atoms with Gasteiger partial charge in [0.15, 0.2) is 0 Å². The van der Waals surface area contributed by atoms with Crippen molar-refractivity contribution in [2.75, 3.05) is 26.9 Å². The molecule has 3 N–H and O–H groups in total. The van der Waals surface area contributed by atoms with Crippen molar-refractivity contribution >= 4 is 0 Å². The van der Waals surface area contributed by atoms with Crippen molar-refractivity contribution in [3.8, 4) is 0 Å². The summed E-state index contributed by atoms with van der Waals surface area (Å²) < 4.78 is 5.08. The number of ether oxygens (including phenoxy) is 1. The Morgan fingerprint density at radius 1 is 1.38 bits per heavy atom. The van der Waals surface area contributed by atoms with Crippen LogP contribution in [0.5, 0.6) is 0 Å². The number of hydrogen-bond acceptors (Lipinski definition) is 6. The predicted octanol–water partition coefficient (Wildman–Crippen LogP) is 0.812. The van der Waals surface area contributed by atoms with Crippen molar-refractivity contribution in [2.45, 2.75) is 45.3 Å². The smallest absolute Gasteiger partial charge is 0.130 e. The van der Waals surface area contributed by atoms with Crippen LogP contribution in [0.4, 0.5) is 0 Å². The molecule has 0 aromatic carbocycles. The van der Waals surface area contributed by atoms with E-state index < -0.39 is 6.10 Å². The summed E-state index contributed by atoms with van der Waals surface area (Å²) in [7, 11) is 1.67. The molecule has 1 fully saturated rings. The molecule has 136 valence electrons. The Balaban J connectivity index is 2.07. The molecule has 1 heterocycles. The molecule has 0 amide bonds. The standard InChI is InChI=1S/C18H31N3O3/c1-12(2)10-20-16-9-17(23)15(11-22)14(16)8-13-4-6-19-18(21-13)5-7-24-3/h4,6,12,14-17,20,22-23H,5,7-11H2,1-3H3. The van der Waals surface area contributed by atoms with E-state index in [-0.39, 0.29) is 24.5 Å². The number of rotatable bonds is 9. The second-order valence-corrected chi connectivity index (χ2v) is 7.13. The first-order chi connectivity index (χ1) is 11.5. The van der Waals surface area contributed by atoms with E-state index in [1.165, 1.54) is 0 Å². The summed E-state index contributed by atoms with van der Waals surface area (Å²) in [5, 5.41) is 23.6. The van der Waals surface area contributed by atoms with E-state index in [1.807, 2.05) is 6.07 Å². The first kappa shape index (κ1) is 19.2. The Kier molecular flexibility index (Phi) is 7.55. The van der Waals surface area contributed by atoms with Gasteiger partial charge in [-0.25, -0.2) is 9.97 Å². The second-order valence-electron chi connectivity index (χ2n) is 7.13. The highest BCUT2D eigenvalue weighted by atomic mass is 16.5. The lowest BCUT2D eigenvalue weighted by molar-refractivity contribution is 0.0716. The van der Waals surface area contributed by atoms with Crippen molar-refractivity contribution in [2.24, 2.45) is 17.8 Å². The summed E-state index contributed by atoms with van der Waals surface area (Å²) in [6.45, 7) is 5.86. The second kappa shape index (κ2) is 9.42. The van der Waals surface area contributed by atoms with Crippen LogP contribution in [0.25, 0.3) is 0 Å². The molecular weight excluding hydrogens is 306 g/mol. The monoisotopic (exact) mass is 337 g/mol. The van der Waals surface area contributed by atoms with Crippen molar-refractivity contribution in [3.63, 3.8) is 0 Å². The lowest BCUT2D eigenvalue weighted by Gasteiger charge is -2.25. The average Bonchev–Trinajstić information content (AvgIpc) is 2.86. The average molecular weight is 337 g/mol. The van der Waals surface area contributed by atoms with Crippen molar-refractivity contribution in [1.29, 1.82) is 0 Å². The topological polar surface area (TPSA) is 87.5 Å². The number of aliphatic hydroxyl groups excluding tert-OH is 2. The van der Waals surface area contributed by atoms with Crippen molar-refractivity contribution in [3.05, 3.63) is 23.8 Å². The summed E-state index contributed by atoms with van der Waals surface area (Å²) in [6, 6.07) is 2.13. The third-order valence-corrected chi connectivity index (χ3v) is 4.79. The molecule has 6 heteroatoms. The molecular formula is C18H31N3O3. The highest BCUT2D eigenvalue weighted by Crippen LogP contribution is 2.34. The number of nitrogens with one attached hydrogen (secondary N) is 1. The van der Waals surface area contributed by atoms with Gasteiger partial charge in [0, 0.05) is 44.0 Å². The van der Waals surface area contributed by atoms with Gasteiger partial charge in [0.05, 0.1) is 12.7 Å². The van der Waals surface area contributed by atoms with Crippen molar-refractivity contribution < 1.29 is 14.9 Å². The summed E-state index contributed by atoms with van der Waals surface area (Å²) in [6.07, 6.45) is 3.43. The number of methoxy groups -OCH3 is 1. The van der Waals surface area contributed by atoms with Gasteiger partial charge in [-0.3, -0.25) is 0 Å². The van der Waals surface area contributed by atoms with Gasteiger partial charge in [-0.05, 0) is 37.3 Å². The van der Waals surface area contributed by atoms with Crippen LogP contribution < -0.4 is 5.32 Å². The maximum absolute atomic E-state index is 10.3. The maximum Gasteiger partial charge on any atom is 0.130 e. The minimum atomic E-state index is -0.459. The van der Waals surface area contributed by atoms with Crippen LogP contribution in [0.3, 0.4) is 0 Å². The molecule has 4 unspecified atom stereocenters. The van der Waals surface area contributed by atoms with Gasteiger partial charge in [0.25, 0.3) is 0 Å². The molecule has 0 bridgehead atoms. The Morgan fingerprint density at radius 3 is 2.83 bits per heavy atom. The molecule has 0 radical (unpaired) electrons. The number of hydrogen-bond donors (Lipinski definition) is 3. The third-order valence-electron chi connectivity index (χ3n) is 4.79. The Bertz CT molecular complexity index is 498. The fraction of sp³-hybridized carbons (Fsp3) is 0.778. The highest BCUT2D eigenvalue weighted by Gasteiger charge is 2.41. The zero-order valence-corrected chi connectivity index (χ0v) is 15.0. The molecule has 2 rings (SSSR count). The molecule has 4 atom stereocenters. The molecule has 1 aliphatic carbocycles. The van der Waals surface area contributed by atoms with Crippen LogP contribution >= 0.6 is 0 Å². The van der Waals surface area contributed by atoms with Crippen LogP contribution in [0, 0.1) is 17.8 Å². The predicted molar refractivity (Wildman–Crippen MR) is 92.6 cm³/mol. The third kappa shape index (κ3) is 5.21. The van der Waals surface area contributed by atoms with Gasteiger partial charge >= 0.3 is 0 Å². The summed E-state index contributed by atoms with van der Waals surface area (Å²) in [4.78, 5) is 8.89. The Hall–Kier alpha value is -1.08. The van der Waals surface area contributed by atoms with E-state index in [2.05, 4.69) is 29.1 Å². The highest BCUT2D eigenvalue weighted by molar-refractivity contribution is 5.08. The van der Waals surface area contributed by atoms with E-state index >= 15 is 0 Å². The summed E-state index contributed by atoms with van der Waals surface area (Å²) in [5.74, 6) is 1.40. The van der Waals surface area contributed by atoms with E-state index in [4.69, 9.17) is 4.74 Å². The van der Waals surface area contributed by atoms with Gasteiger partial charge in [0.2, 0.25) is 0 Å². The van der Waals surface area contributed by atoms with Gasteiger partial charge in [0.1, 0.15) is 5.82 Å². The Morgan fingerprint density at radius 2 is 2.17 bits per heavy atom. The Labute approximate surface area is 144 Å². The van der Waals surface area contributed by atoms with Crippen LogP contribution in [-0.2, 0) is 17.6 Å². The quantitative estimate of drug-likeness (QED) is 0.618. The van der Waals surface area contributed by atoms with Crippen LogP contribution in [0.15, 0.2) is 12.3 Å². The first-order valence-corrected chi connectivity index (χ1v) is 8.87. The van der Waals surface area contributed by atoms with Gasteiger partial charge in [-0.15, -0.1) is 0 Å². The molecule has 0 aliphatic heterocycles. The summed E-state index contributed by atoms with van der Waals surface area (Å²) >= 11 is 0. The zero-order valence-electron chi connectivity index (χ0n) is 15.0. The van der Waals surface area contributed by atoms with Gasteiger partial charge in [-0.2, -0.15) is 0 Å². The number of nitrogens with zero attached hydrogens (tertiary/aromatic N) is 2. The fourth-order valence-electron chi connectivity index (χ4n) is 3.48. The lowest BCUT2D eigenvalue weighted by atomic mass is 9.88. The van der Waals surface area contributed by atoms with Crippen LogP contribution in [0.2, 0.25) is 0 Å². The van der Waals surface area contributed by atoms with Crippen LogP contribution in [0.1, 0.15) is 31.8 Å². The molecule has 6 nitrogen and oxygen atoms in total. The molecule has 1 aliphatic rings. The van der Waals surface area contributed by atoms with Crippen molar-refractivity contribution in [1.82, 2.24) is 15.3 Å². The van der Waals surface area contributed by atoms with Crippen LogP contribution in [-0.4, -0.2) is 59.2 Å². The van der Waals surface area contributed by atoms with E-state index in [0.29, 0.717) is 25.4 Å². The molecule has 1 aromatic heterocycles. The van der Waals surface area contributed by atoms with Gasteiger partial charge < -0.3 is 20.3 Å². The number of aliphatic hydroxyl groups is 2. The largest absolute Gasteiger partial charge is 0.396 e. The molecule has 1 saturated carbocycles. The molecule has 24 heavy (non-hydrogen) atoms. The molecule has 0 saturated heterocycles. The zero-order chi connectivity index (χ0) is 17.5. The minimum Gasteiger partial charge on any atom is -0.396 e. The summed E-state index contributed by atoms with van der Waals surface area (Å²) in [5.41, 5.74) is 0.963. The maximum atomic E-state index is 10.3. The molecule has 0 spiro atoms.